The lowest BCUT2D eigenvalue weighted by molar-refractivity contribution is 0.316. The molecule has 0 radical (unpaired) electrons. The van der Waals surface area contributed by atoms with Crippen molar-refractivity contribution in [3.63, 3.8) is 0 Å². The van der Waals surface area contributed by atoms with Crippen molar-refractivity contribution in [1.82, 2.24) is 34.6 Å². The summed E-state index contributed by atoms with van der Waals surface area (Å²) >= 11 is 0. The number of anilines is 2. The maximum Gasteiger partial charge on any atom is 0.258 e. The molecule has 2 heterocycles. The second-order valence-electron chi connectivity index (χ2n) is 4.33. The van der Waals surface area contributed by atoms with E-state index < -0.39 is 0 Å². The van der Waals surface area contributed by atoms with Crippen LogP contribution in [0.25, 0.3) is 5.95 Å². The normalized spacial score (nSPS) is 10.9. The quantitative estimate of drug-likeness (QED) is 0.714. The van der Waals surface area contributed by atoms with Gasteiger partial charge in [0.2, 0.25) is 11.9 Å². The third-order valence-electron chi connectivity index (χ3n) is 3.08. The van der Waals surface area contributed by atoms with Gasteiger partial charge >= 0.3 is 0 Å². The summed E-state index contributed by atoms with van der Waals surface area (Å²) in [6, 6.07) is 0. The van der Waals surface area contributed by atoms with Gasteiger partial charge in [-0.1, -0.05) is 13.8 Å². The minimum Gasteiger partial charge on any atom is -0.357 e. The molecule has 0 atom stereocenters. The van der Waals surface area contributed by atoms with E-state index in [2.05, 4.69) is 54.4 Å². The largest absolute Gasteiger partial charge is 0.357 e. The molecule has 0 aliphatic carbocycles. The number of nitrogens with one attached hydrogen (secondary N) is 2. The number of nitrogens with zero attached hydrogens (tertiary/aromatic N) is 7. The molecule has 114 valence electrons. The molecule has 0 fully saturated rings. The maximum absolute atomic E-state index is 4.34. The van der Waals surface area contributed by atoms with E-state index in [1.807, 2.05) is 0 Å². The highest BCUT2D eigenvalue weighted by Crippen LogP contribution is 2.07. The molecule has 9 heteroatoms. The highest BCUT2D eigenvalue weighted by atomic mass is 15.4. The lowest BCUT2D eigenvalue weighted by Crippen LogP contribution is -2.29. The van der Waals surface area contributed by atoms with Crippen molar-refractivity contribution >= 4 is 11.9 Å². The smallest absolute Gasteiger partial charge is 0.258 e. The summed E-state index contributed by atoms with van der Waals surface area (Å²) in [5.74, 6) is 1.44. The molecule has 0 saturated heterocycles. The van der Waals surface area contributed by atoms with Crippen LogP contribution in [0.3, 0.4) is 0 Å². The predicted molar refractivity (Wildman–Crippen MR) is 80.6 cm³/mol. The Morgan fingerprint density at radius 1 is 1.14 bits per heavy atom. The Bertz CT molecular complexity index is 536. The average Bonchev–Trinajstić information content (AvgIpc) is 3.05. The van der Waals surface area contributed by atoms with Gasteiger partial charge in [0.05, 0.1) is 0 Å². The first-order valence-electron chi connectivity index (χ1n) is 7.01. The lowest BCUT2D eigenvalue weighted by atomic mass is 10.4. The van der Waals surface area contributed by atoms with E-state index >= 15 is 0 Å². The van der Waals surface area contributed by atoms with Gasteiger partial charge in [0, 0.05) is 20.1 Å². The first kappa shape index (κ1) is 15.1. The van der Waals surface area contributed by atoms with E-state index in [1.165, 1.54) is 11.0 Å². The molecule has 2 aromatic heterocycles. The fraction of sp³-hybridized carbons (Fsp3) is 0.583. The zero-order valence-electron chi connectivity index (χ0n) is 12.6. The molecule has 2 N–H and O–H groups in total. The minimum atomic E-state index is 0.428. The summed E-state index contributed by atoms with van der Waals surface area (Å²) < 4.78 is 1.50. The number of hydrogen-bond donors (Lipinski definition) is 2. The van der Waals surface area contributed by atoms with Crippen molar-refractivity contribution in [3.05, 3.63) is 12.7 Å². The molecule has 0 aromatic carbocycles. The van der Waals surface area contributed by atoms with E-state index in [1.54, 1.807) is 13.4 Å². The maximum atomic E-state index is 4.34. The van der Waals surface area contributed by atoms with E-state index in [9.17, 15) is 0 Å². The molecule has 2 rings (SSSR count). The monoisotopic (exact) mass is 291 g/mol. The zero-order valence-corrected chi connectivity index (χ0v) is 12.6. The Morgan fingerprint density at radius 3 is 2.52 bits per heavy atom. The summed E-state index contributed by atoms with van der Waals surface area (Å²) in [5, 5.41) is 10.2. The molecule has 0 spiro atoms. The summed E-state index contributed by atoms with van der Waals surface area (Å²) in [6.07, 6.45) is 2.99. The molecule has 0 unspecified atom stereocenters. The van der Waals surface area contributed by atoms with E-state index in [-0.39, 0.29) is 0 Å². The first-order chi connectivity index (χ1) is 10.3. The first-order valence-corrected chi connectivity index (χ1v) is 7.01. The van der Waals surface area contributed by atoms with Crippen LogP contribution in [0.2, 0.25) is 0 Å². The summed E-state index contributed by atoms with van der Waals surface area (Å²) in [7, 11) is 1.76. The molecule has 2 aromatic rings. The Morgan fingerprint density at radius 2 is 1.90 bits per heavy atom. The second kappa shape index (κ2) is 7.48. The van der Waals surface area contributed by atoms with Crippen molar-refractivity contribution in [1.29, 1.82) is 0 Å². The van der Waals surface area contributed by atoms with E-state index in [0.717, 1.165) is 26.2 Å². The van der Waals surface area contributed by atoms with Crippen LogP contribution >= 0.6 is 0 Å². The molecular weight excluding hydrogens is 270 g/mol. The van der Waals surface area contributed by atoms with Gasteiger partial charge in [-0.25, -0.2) is 4.98 Å². The molecule has 0 aliphatic rings. The number of rotatable bonds is 8. The van der Waals surface area contributed by atoms with Gasteiger partial charge < -0.3 is 15.5 Å². The lowest BCUT2D eigenvalue weighted by Gasteiger charge is -2.18. The summed E-state index contributed by atoms with van der Waals surface area (Å²) in [4.78, 5) is 19.1. The summed E-state index contributed by atoms with van der Waals surface area (Å²) in [6.45, 7) is 8.06. The predicted octanol–water partition coefficient (Wildman–Crippen LogP) is 0.248. The fourth-order valence-corrected chi connectivity index (χ4v) is 1.84. The van der Waals surface area contributed by atoms with Crippen molar-refractivity contribution in [2.24, 2.45) is 0 Å². The molecule has 0 bridgehead atoms. The van der Waals surface area contributed by atoms with Crippen molar-refractivity contribution in [2.75, 3.05) is 43.9 Å². The molecule has 0 amide bonds. The fourth-order valence-electron chi connectivity index (χ4n) is 1.84. The Hall–Kier alpha value is -2.29. The van der Waals surface area contributed by atoms with Crippen LogP contribution in [0.1, 0.15) is 13.8 Å². The van der Waals surface area contributed by atoms with Crippen molar-refractivity contribution in [3.8, 4) is 5.95 Å². The van der Waals surface area contributed by atoms with Crippen molar-refractivity contribution < 1.29 is 0 Å². The molecule has 0 aliphatic heterocycles. The van der Waals surface area contributed by atoms with Crippen LogP contribution in [0.15, 0.2) is 12.7 Å². The van der Waals surface area contributed by atoms with Crippen LogP contribution in [0, 0.1) is 0 Å². The van der Waals surface area contributed by atoms with Gasteiger partial charge in [0.25, 0.3) is 5.95 Å². The van der Waals surface area contributed by atoms with E-state index in [0.29, 0.717) is 17.8 Å². The third-order valence-corrected chi connectivity index (χ3v) is 3.08. The van der Waals surface area contributed by atoms with Gasteiger partial charge in [0.15, 0.2) is 0 Å². The van der Waals surface area contributed by atoms with E-state index in [4.69, 9.17) is 0 Å². The highest BCUT2D eigenvalue weighted by molar-refractivity contribution is 5.37. The standard InChI is InChI=1S/C12H21N9/c1-4-20(5-2)7-6-15-11-17-10(13-3)18-12(19-11)21-9-14-8-16-21/h8-9H,4-7H2,1-3H3,(H2,13,15,17,18,19). The Labute approximate surface area is 123 Å². The van der Waals surface area contributed by atoms with Crippen molar-refractivity contribution in [2.45, 2.75) is 13.8 Å². The minimum absolute atomic E-state index is 0.428. The highest BCUT2D eigenvalue weighted by Gasteiger charge is 2.08. The number of likely N-dealkylation sites (N-methyl/N-ethyl adjacent to an activating group) is 1. The average molecular weight is 291 g/mol. The molecule has 21 heavy (non-hydrogen) atoms. The second-order valence-corrected chi connectivity index (χ2v) is 4.33. The number of hydrogen-bond acceptors (Lipinski definition) is 8. The summed E-state index contributed by atoms with van der Waals surface area (Å²) in [5.41, 5.74) is 0. The number of aromatic nitrogens is 6. The molecular formula is C12H21N9. The molecule has 0 saturated carbocycles. The Kier molecular flexibility index (Phi) is 5.38. The van der Waals surface area contributed by atoms with Crippen LogP contribution in [-0.4, -0.2) is 67.8 Å². The Balaban J connectivity index is 2.07. The molecule has 9 nitrogen and oxygen atoms in total. The SMILES string of the molecule is CCN(CC)CCNc1nc(NC)nc(-n2cncn2)n1. The zero-order chi connectivity index (χ0) is 15.1. The van der Waals surface area contributed by atoms with Gasteiger partial charge in [-0.05, 0) is 13.1 Å². The third kappa shape index (κ3) is 4.09. The van der Waals surface area contributed by atoms with Gasteiger partial charge in [-0.3, -0.25) is 0 Å². The van der Waals surface area contributed by atoms with Gasteiger partial charge in [-0.2, -0.15) is 24.7 Å². The van der Waals surface area contributed by atoms with Gasteiger partial charge in [-0.15, -0.1) is 0 Å². The van der Waals surface area contributed by atoms with Crippen LogP contribution < -0.4 is 10.6 Å². The van der Waals surface area contributed by atoms with Crippen LogP contribution in [0.5, 0.6) is 0 Å². The topological polar surface area (TPSA) is 96.7 Å². The van der Waals surface area contributed by atoms with Gasteiger partial charge in [0.1, 0.15) is 12.7 Å². The van der Waals surface area contributed by atoms with Crippen LogP contribution in [-0.2, 0) is 0 Å². The van der Waals surface area contributed by atoms with Crippen LogP contribution in [0.4, 0.5) is 11.9 Å².